The average molecular weight is 430 g/mol. The lowest BCUT2D eigenvalue weighted by atomic mass is 10.2. The summed E-state index contributed by atoms with van der Waals surface area (Å²) in [5.41, 5.74) is 2.82. The van der Waals surface area contributed by atoms with Gasteiger partial charge in [-0.1, -0.05) is 60.7 Å². The quantitative estimate of drug-likeness (QED) is 0.304. The summed E-state index contributed by atoms with van der Waals surface area (Å²) in [5, 5.41) is 11.5. The average Bonchev–Trinajstić information content (AvgIpc) is 3.08. The van der Waals surface area contributed by atoms with Crippen LogP contribution in [0.15, 0.2) is 94.8 Å². The van der Waals surface area contributed by atoms with Gasteiger partial charge in [0.05, 0.1) is 22.9 Å². The Balaban J connectivity index is 1.61. The molecule has 0 N–H and O–H groups in total. The second-order valence-electron chi connectivity index (χ2n) is 6.92. The lowest BCUT2D eigenvalue weighted by molar-refractivity contribution is -0.384. The molecule has 1 saturated heterocycles. The Hall–Kier alpha value is -3.71. The van der Waals surface area contributed by atoms with E-state index in [0.29, 0.717) is 23.2 Å². The van der Waals surface area contributed by atoms with Gasteiger partial charge in [0.1, 0.15) is 0 Å². The van der Waals surface area contributed by atoms with Crippen LogP contribution in [0.3, 0.4) is 0 Å². The van der Waals surface area contributed by atoms with Crippen LogP contribution in [0.2, 0.25) is 0 Å². The van der Waals surface area contributed by atoms with E-state index in [1.54, 1.807) is 23.1 Å². The van der Waals surface area contributed by atoms with Gasteiger partial charge in [0.25, 0.3) is 11.6 Å². The van der Waals surface area contributed by atoms with E-state index in [-0.39, 0.29) is 11.6 Å². The van der Waals surface area contributed by atoms with Crippen LogP contribution in [0.5, 0.6) is 0 Å². The molecule has 4 rings (SSSR count). The van der Waals surface area contributed by atoms with Crippen molar-refractivity contribution in [2.45, 2.75) is 13.1 Å². The van der Waals surface area contributed by atoms with Crippen LogP contribution >= 0.6 is 11.8 Å². The number of thioether (sulfide) groups is 1. The number of hydrogen-bond acceptors (Lipinski definition) is 5. The van der Waals surface area contributed by atoms with Crippen LogP contribution in [0.4, 0.5) is 5.69 Å². The number of nitro groups is 1. The Bertz CT molecular complexity index is 1140. The maximum absolute atomic E-state index is 13.2. The summed E-state index contributed by atoms with van der Waals surface area (Å²) in [6, 6.07) is 25.8. The molecule has 0 atom stereocenters. The van der Waals surface area contributed by atoms with Gasteiger partial charge < -0.3 is 0 Å². The third-order valence-corrected chi connectivity index (χ3v) is 5.76. The molecule has 1 aliphatic rings. The molecular weight excluding hydrogens is 410 g/mol. The molecule has 0 unspecified atom stereocenters. The highest BCUT2D eigenvalue weighted by Crippen LogP contribution is 2.34. The predicted octanol–water partition coefficient (Wildman–Crippen LogP) is 5.27. The van der Waals surface area contributed by atoms with Gasteiger partial charge in [0, 0.05) is 12.1 Å². The number of benzene rings is 3. The third kappa shape index (κ3) is 5.07. The highest BCUT2D eigenvalue weighted by Gasteiger charge is 2.33. The number of non-ortho nitro benzene ring substituents is 1. The van der Waals surface area contributed by atoms with Crippen molar-refractivity contribution in [2.75, 3.05) is 0 Å². The van der Waals surface area contributed by atoms with Gasteiger partial charge in [-0.3, -0.25) is 24.8 Å². The SMILES string of the molecule is O=C1/C(=C/c2ccc([N+](=O)[O-])cc2)SC(=NCc2ccccc2)N1Cc1ccccc1. The molecule has 6 nitrogen and oxygen atoms in total. The Morgan fingerprint density at radius 2 is 1.52 bits per heavy atom. The standard InChI is InChI=1S/C24H19N3O3S/c28-23-22(15-18-11-13-21(14-12-18)27(29)30)31-24(25-16-19-7-3-1-4-8-19)26(23)17-20-9-5-2-6-10-20/h1-15H,16-17H2/b22-15-,25-24?. The van der Waals surface area contributed by atoms with Crippen LogP contribution in [0.25, 0.3) is 6.08 Å². The van der Waals surface area contributed by atoms with Crippen LogP contribution in [0.1, 0.15) is 16.7 Å². The fourth-order valence-electron chi connectivity index (χ4n) is 3.12. The van der Waals surface area contributed by atoms with Crippen molar-refractivity contribution >= 4 is 34.6 Å². The summed E-state index contributed by atoms with van der Waals surface area (Å²) < 4.78 is 0. The second-order valence-corrected chi connectivity index (χ2v) is 7.93. The Morgan fingerprint density at radius 1 is 0.903 bits per heavy atom. The van der Waals surface area contributed by atoms with Crippen LogP contribution in [-0.4, -0.2) is 20.9 Å². The number of aliphatic imine (C=N–C) groups is 1. The smallest absolute Gasteiger partial charge is 0.269 e. The number of hydrogen-bond donors (Lipinski definition) is 0. The van der Waals surface area contributed by atoms with Crippen molar-refractivity contribution in [3.05, 3.63) is 117 Å². The van der Waals surface area contributed by atoms with E-state index >= 15 is 0 Å². The van der Waals surface area contributed by atoms with Crippen LogP contribution in [0, 0.1) is 10.1 Å². The Morgan fingerprint density at radius 3 is 2.13 bits per heavy atom. The summed E-state index contributed by atoms with van der Waals surface area (Å²) in [6.07, 6.45) is 1.75. The molecule has 1 amide bonds. The van der Waals surface area contributed by atoms with Crippen molar-refractivity contribution in [3.63, 3.8) is 0 Å². The summed E-state index contributed by atoms with van der Waals surface area (Å²) in [6.45, 7) is 0.907. The van der Waals surface area contributed by atoms with E-state index in [9.17, 15) is 14.9 Å². The van der Waals surface area contributed by atoms with Crippen LogP contribution < -0.4 is 0 Å². The van der Waals surface area contributed by atoms with Gasteiger partial charge in [-0.2, -0.15) is 0 Å². The zero-order valence-electron chi connectivity index (χ0n) is 16.5. The van der Waals surface area contributed by atoms with Gasteiger partial charge in [0.2, 0.25) is 0 Å². The number of amidine groups is 1. The van der Waals surface area contributed by atoms with Crippen molar-refractivity contribution in [3.8, 4) is 0 Å². The first-order valence-corrected chi connectivity index (χ1v) is 10.5. The largest absolute Gasteiger partial charge is 0.282 e. The van der Waals surface area contributed by atoms with Gasteiger partial charge in [-0.15, -0.1) is 0 Å². The van der Waals surface area contributed by atoms with E-state index in [1.165, 1.54) is 23.9 Å². The third-order valence-electron chi connectivity index (χ3n) is 4.71. The minimum atomic E-state index is -0.442. The molecule has 0 bridgehead atoms. The van der Waals surface area contributed by atoms with E-state index in [4.69, 9.17) is 4.99 Å². The van der Waals surface area contributed by atoms with Crippen LogP contribution in [-0.2, 0) is 17.9 Å². The Kier molecular flexibility index (Phi) is 6.24. The number of carbonyl (C=O) groups is 1. The molecule has 3 aromatic carbocycles. The van der Waals surface area contributed by atoms with E-state index in [1.807, 2.05) is 60.7 Å². The fourth-order valence-corrected chi connectivity index (χ4v) is 4.09. The van der Waals surface area contributed by atoms with Gasteiger partial charge in [-0.05, 0) is 46.7 Å². The molecule has 0 spiro atoms. The molecule has 1 heterocycles. The minimum Gasteiger partial charge on any atom is -0.282 e. The van der Waals surface area contributed by atoms with Crippen molar-refractivity contribution in [1.29, 1.82) is 0 Å². The van der Waals surface area contributed by atoms with Crippen molar-refractivity contribution < 1.29 is 9.72 Å². The van der Waals surface area contributed by atoms with Gasteiger partial charge >= 0.3 is 0 Å². The zero-order valence-corrected chi connectivity index (χ0v) is 17.4. The summed E-state index contributed by atoms with van der Waals surface area (Å²) in [4.78, 5) is 30.5. The first-order valence-electron chi connectivity index (χ1n) is 9.68. The molecule has 0 aliphatic carbocycles. The molecule has 3 aromatic rings. The van der Waals surface area contributed by atoms with Crippen molar-refractivity contribution in [1.82, 2.24) is 4.90 Å². The lowest BCUT2D eigenvalue weighted by Crippen LogP contribution is -2.28. The predicted molar refractivity (Wildman–Crippen MR) is 123 cm³/mol. The lowest BCUT2D eigenvalue weighted by Gasteiger charge is -2.15. The summed E-state index contributed by atoms with van der Waals surface area (Å²) in [7, 11) is 0. The Labute approximate surface area is 184 Å². The molecule has 1 fully saturated rings. The number of rotatable bonds is 6. The number of nitrogens with zero attached hydrogens (tertiary/aromatic N) is 3. The maximum Gasteiger partial charge on any atom is 0.269 e. The zero-order chi connectivity index (χ0) is 21.6. The van der Waals surface area contributed by atoms with Crippen molar-refractivity contribution in [2.24, 2.45) is 4.99 Å². The second kappa shape index (κ2) is 9.40. The maximum atomic E-state index is 13.2. The molecule has 0 aromatic heterocycles. The molecule has 154 valence electrons. The summed E-state index contributed by atoms with van der Waals surface area (Å²) >= 11 is 1.32. The van der Waals surface area contributed by atoms with E-state index in [0.717, 1.165) is 16.7 Å². The first kappa shape index (κ1) is 20.6. The monoisotopic (exact) mass is 429 g/mol. The van der Waals surface area contributed by atoms with Gasteiger partial charge in [-0.25, -0.2) is 0 Å². The number of amides is 1. The molecular formula is C24H19N3O3S. The molecule has 0 saturated carbocycles. The van der Waals surface area contributed by atoms with E-state index in [2.05, 4.69) is 0 Å². The van der Waals surface area contributed by atoms with Gasteiger partial charge in [0.15, 0.2) is 5.17 Å². The number of nitro benzene ring substituents is 1. The molecule has 31 heavy (non-hydrogen) atoms. The molecule has 0 radical (unpaired) electrons. The molecule has 7 heteroatoms. The number of carbonyl (C=O) groups excluding carboxylic acids is 1. The molecule has 1 aliphatic heterocycles. The normalized spacial score (nSPS) is 16.3. The van der Waals surface area contributed by atoms with E-state index < -0.39 is 4.92 Å². The first-order chi connectivity index (χ1) is 15.1. The minimum absolute atomic E-state index is 0.0170. The highest BCUT2D eigenvalue weighted by atomic mass is 32.2. The highest BCUT2D eigenvalue weighted by molar-refractivity contribution is 8.18. The fraction of sp³-hybridized carbons (Fsp3) is 0.0833. The topological polar surface area (TPSA) is 75.8 Å². The summed E-state index contributed by atoms with van der Waals surface area (Å²) in [5.74, 6) is -0.126.